The summed E-state index contributed by atoms with van der Waals surface area (Å²) in [6.45, 7) is 6.18. The maximum absolute atomic E-state index is 5.87. The first-order valence-corrected chi connectivity index (χ1v) is 16.2. The number of hydrogen-bond donors (Lipinski definition) is 0. The van der Waals surface area contributed by atoms with Gasteiger partial charge in [-0.1, -0.05) is 128 Å². The van der Waals surface area contributed by atoms with Crippen molar-refractivity contribution < 1.29 is 4.74 Å². The fourth-order valence-electron chi connectivity index (χ4n) is 6.47. The van der Waals surface area contributed by atoms with Crippen LogP contribution in [0.25, 0.3) is 0 Å². The maximum atomic E-state index is 5.87. The van der Waals surface area contributed by atoms with Crippen LogP contribution in [0, 0.1) is 23.7 Å². The number of unbranched alkanes of at least 4 members (excludes halogenated alkanes) is 10. The second-order valence-corrected chi connectivity index (χ2v) is 12.1. The molecule has 0 unspecified atom stereocenters. The molecule has 1 heteroatoms. The largest absolute Gasteiger partial charge is 0.373 e. The number of rotatable bonds is 20. The minimum atomic E-state index is 0.785. The standard InChI is InChI=1S/C34H62O/c1-3-5-7-9-11-13-17-31-21-25-33(26-22-31)19-15-29-35-30-16-20-34-27-23-32(24-28-34)18-14-12-10-8-6-4-2/h15-16,19-20,31-34H,3-14,17-18,21-30H2,1-2H3/b19-15+,20-16+. The van der Waals surface area contributed by atoms with Crippen molar-refractivity contribution in [3.8, 4) is 0 Å². The van der Waals surface area contributed by atoms with E-state index in [1.807, 2.05) is 0 Å². The lowest BCUT2D eigenvalue weighted by molar-refractivity contribution is 0.192. The Morgan fingerprint density at radius 1 is 0.486 bits per heavy atom. The SMILES string of the molecule is CCCCCCCCC1CCC(/C=C/COC/C=C/C2CCC(CCCCCCCC)CC2)CC1. The normalized spacial score (nSPS) is 25.7. The highest BCUT2D eigenvalue weighted by Gasteiger charge is 2.19. The zero-order valence-corrected chi connectivity index (χ0v) is 24.0. The van der Waals surface area contributed by atoms with Gasteiger partial charge in [-0.3, -0.25) is 0 Å². The van der Waals surface area contributed by atoms with Gasteiger partial charge in [-0.25, -0.2) is 0 Å². The molecule has 2 saturated carbocycles. The third-order valence-electron chi connectivity index (χ3n) is 8.96. The van der Waals surface area contributed by atoms with Crippen LogP contribution in [0.1, 0.15) is 155 Å². The minimum Gasteiger partial charge on any atom is -0.373 e. The highest BCUT2D eigenvalue weighted by Crippen LogP contribution is 2.33. The lowest BCUT2D eigenvalue weighted by Gasteiger charge is -2.26. The van der Waals surface area contributed by atoms with E-state index < -0.39 is 0 Å². The molecule has 0 aromatic carbocycles. The molecular formula is C34H62O. The summed E-state index contributed by atoms with van der Waals surface area (Å²) in [5.41, 5.74) is 0. The predicted molar refractivity (Wildman–Crippen MR) is 156 cm³/mol. The second-order valence-electron chi connectivity index (χ2n) is 12.1. The van der Waals surface area contributed by atoms with Crippen LogP contribution in [-0.2, 0) is 4.74 Å². The highest BCUT2D eigenvalue weighted by molar-refractivity contribution is 4.93. The van der Waals surface area contributed by atoms with E-state index >= 15 is 0 Å². The van der Waals surface area contributed by atoms with E-state index in [4.69, 9.17) is 4.74 Å². The molecule has 0 saturated heterocycles. The molecule has 0 atom stereocenters. The zero-order valence-electron chi connectivity index (χ0n) is 24.0. The summed E-state index contributed by atoms with van der Waals surface area (Å²) in [5.74, 6) is 3.64. The average molecular weight is 487 g/mol. The van der Waals surface area contributed by atoms with Crippen molar-refractivity contribution in [1.82, 2.24) is 0 Å². The number of hydrogen-bond acceptors (Lipinski definition) is 1. The topological polar surface area (TPSA) is 9.23 Å². The smallest absolute Gasteiger partial charge is 0.0651 e. The molecule has 1 nitrogen and oxygen atoms in total. The zero-order chi connectivity index (χ0) is 24.8. The van der Waals surface area contributed by atoms with Crippen LogP contribution >= 0.6 is 0 Å². The van der Waals surface area contributed by atoms with Crippen molar-refractivity contribution in [3.05, 3.63) is 24.3 Å². The Bertz CT molecular complexity index is 459. The lowest BCUT2D eigenvalue weighted by atomic mass is 9.79. The molecular weight excluding hydrogens is 424 g/mol. The Morgan fingerprint density at radius 2 is 0.857 bits per heavy atom. The molecule has 0 aliphatic heterocycles. The average Bonchev–Trinajstić information content (AvgIpc) is 2.89. The van der Waals surface area contributed by atoms with Crippen LogP contribution in [0.2, 0.25) is 0 Å². The van der Waals surface area contributed by atoms with Crippen LogP contribution in [0.15, 0.2) is 24.3 Å². The van der Waals surface area contributed by atoms with Gasteiger partial charge in [0.05, 0.1) is 13.2 Å². The molecule has 0 heterocycles. The summed E-state index contributed by atoms with van der Waals surface area (Å²) < 4.78 is 5.87. The van der Waals surface area contributed by atoms with Crippen molar-refractivity contribution in [2.24, 2.45) is 23.7 Å². The molecule has 0 spiro atoms. The van der Waals surface area contributed by atoms with Gasteiger partial charge in [0.1, 0.15) is 0 Å². The Morgan fingerprint density at radius 3 is 1.26 bits per heavy atom. The molecule has 0 aromatic rings. The van der Waals surface area contributed by atoms with Crippen LogP contribution in [0.4, 0.5) is 0 Å². The first-order valence-electron chi connectivity index (χ1n) is 16.2. The van der Waals surface area contributed by atoms with E-state index in [1.165, 1.54) is 141 Å². The second kappa shape index (κ2) is 21.5. The summed E-state index contributed by atoms with van der Waals surface area (Å²) in [5, 5.41) is 0. The van der Waals surface area contributed by atoms with Gasteiger partial charge in [0.2, 0.25) is 0 Å². The quantitative estimate of drug-likeness (QED) is 0.123. The Hall–Kier alpha value is -0.560. The molecule has 0 radical (unpaired) electrons. The molecule has 0 amide bonds. The van der Waals surface area contributed by atoms with Crippen molar-refractivity contribution in [1.29, 1.82) is 0 Å². The monoisotopic (exact) mass is 486 g/mol. The molecule has 2 aliphatic rings. The molecule has 0 aromatic heterocycles. The summed E-state index contributed by atoms with van der Waals surface area (Å²) in [7, 11) is 0. The van der Waals surface area contributed by atoms with Crippen LogP contribution in [0.3, 0.4) is 0 Å². The van der Waals surface area contributed by atoms with E-state index in [9.17, 15) is 0 Å². The van der Waals surface area contributed by atoms with E-state index in [0.717, 1.165) is 36.9 Å². The molecule has 0 N–H and O–H groups in total. The Labute approximate surface area is 221 Å². The van der Waals surface area contributed by atoms with Crippen LogP contribution in [-0.4, -0.2) is 13.2 Å². The van der Waals surface area contributed by atoms with Gasteiger partial charge in [-0.2, -0.15) is 0 Å². The third kappa shape index (κ3) is 16.0. The van der Waals surface area contributed by atoms with Crippen molar-refractivity contribution in [3.63, 3.8) is 0 Å². The van der Waals surface area contributed by atoms with Gasteiger partial charge in [0.15, 0.2) is 0 Å². The molecule has 0 bridgehead atoms. The van der Waals surface area contributed by atoms with E-state index in [2.05, 4.69) is 38.2 Å². The summed E-state index contributed by atoms with van der Waals surface area (Å²) in [6.07, 6.45) is 41.1. The Kier molecular flexibility index (Phi) is 18.9. The Balaban J connectivity index is 1.40. The fourth-order valence-corrected chi connectivity index (χ4v) is 6.47. The summed E-state index contributed by atoms with van der Waals surface area (Å²) in [4.78, 5) is 0. The number of ether oxygens (including phenoxy) is 1. The number of allylic oxidation sites excluding steroid dienone is 2. The fraction of sp³-hybridized carbons (Fsp3) is 0.882. The van der Waals surface area contributed by atoms with E-state index in [1.54, 1.807) is 0 Å². The molecule has 204 valence electrons. The van der Waals surface area contributed by atoms with Gasteiger partial charge < -0.3 is 4.74 Å². The van der Waals surface area contributed by atoms with Crippen molar-refractivity contribution in [2.75, 3.05) is 13.2 Å². The summed E-state index contributed by atoms with van der Waals surface area (Å²) >= 11 is 0. The van der Waals surface area contributed by atoms with Crippen molar-refractivity contribution >= 4 is 0 Å². The van der Waals surface area contributed by atoms with Crippen LogP contribution in [0.5, 0.6) is 0 Å². The first kappa shape index (κ1) is 30.7. The molecule has 2 rings (SSSR count). The van der Waals surface area contributed by atoms with Gasteiger partial charge >= 0.3 is 0 Å². The van der Waals surface area contributed by atoms with Crippen LogP contribution < -0.4 is 0 Å². The van der Waals surface area contributed by atoms with Gasteiger partial charge in [-0.05, 0) is 75.0 Å². The summed E-state index contributed by atoms with van der Waals surface area (Å²) in [6, 6.07) is 0. The highest BCUT2D eigenvalue weighted by atomic mass is 16.5. The van der Waals surface area contributed by atoms with E-state index in [-0.39, 0.29) is 0 Å². The molecule has 2 fully saturated rings. The van der Waals surface area contributed by atoms with Gasteiger partial charge in [0, 0.05) is 0 Å². The van der Waals surface area contributed by atoms with Gasteiger partial charge in [0.25, 0.3) is 0 Å². The third-order valence-corrected chi connectivity index (χ3v) is 8.96. The minimum absolute atomic E-state index is 0.785. The van der Waals surface area contributed by atoms with Crippen molar-refractivity contribution in [2.45, 2.75) is 155 Å². The van der Waals surface area contributed by atoms with E-state index in [0.29, 0.717) is 0 Å². The first-order chi connectivity index (χ1) is 17.3. The van der Waals surface area contributed by atoms with Gasteiger partial charge in [-0.15, -0.1) is 0 Å². The molecule has 35 heavy (non-hydrogen) atoms. The lowest BCUT2D eigenvalue weighted by Crippen LogP contribution is -2.13. The maximum Gasteiger partial charge on any atom is 0.0651 e. The molecule has 2 aliphatic carbocycles. The predicted octanol–water partition coefficient (Wildman–Crippen LogP) is 11.2.